The van der Waals surface area contributed by atoms with Crippen molar-refractivity contribution in [1.82, 2.24) is 10.6 Å². The molecule has 0 aliphatic heterocycles. The summed E-state index contributed by atoms with van der Waals surface area (Å²) in [6.07, 6.45) is 2.26. The van der Waals surface area contributed by atoms with E-state index in [1.54, 1.807) is 18.4 Å². The van der Waals surface area contributed by atoms with Crippen molar-refractivity contribution in [3.05, 3.63) is 24.2 Å². The fraction of sp³-hybridized carbons (Fsp3) is 0.545. The number of nitrogens with one attached hydrogen (secondary N) is 2. The number of rotatable bonds is 5. The highest BCUT2D eigenvalue weighted by atomic mass is 16.3. The molecule has 0 spiro atoms. The third kappa shape index (κ3) is 3.58. The van der Waals surface area contributed by atoms with Crippen LogP contribution in [0.25, 0.3) is 0 Å². The van der Waals surface area contributed by atoms with Gasteiger partial charge in [0.1, 0.15) is 5.76 Å². The Hall–Kier alpha value is -1.49. The SMILES string of the molecule is CC[C@@H](CO)NC(=O)N[C@H](C)c1ccco1. The molecule has 0 unspecified atom stereocenters. The molecule has 5 heteroatoms. The molecule has 0 aliphatic rings. The summed E-state index contributed by atoms with van der Waals surface area (Å²) in [5.74, 6) is 0.701. The molecule has 3 N–H and O–H groups in total. The van der Waals surface area contributed by atoms with Crippen molar-refractivity contribution in [3.63, 3.8) is 0 Å². The molecule has 90 valence electrons. The van der Waals surface area contributed by atoms with E-state index in [9.17, 15) is 4.79 Å². The smallest absolute Gasteiger partial charge is 0.315 e. The minimum atomic E-state index is -0.301. The van der Waals surface area contributed by atoms with Gasteiger partial charge in [0.2, 0.25) is 0 Å². The number of urea groups is 1. The average molecular weight is 226 g/mol. The summed E-state index contributed by atoms with van der Waals surface area (Å²) in [6.45, 7) is 3.68. The van der Waals surface area contributed by atoms with Crippen molar-refractivity contribution in [2.75, 3.05) is 6.61 Å². The Morgan fingerprint density at radius 2 is 2.31 bits per heavy atom. The Bertz CT molecular complexity index is 307. The van der Waals surface area contributed by atoms with Gasteiger partial charge in [-0.2, -0.15) is 0 Å². The minimum absolute atomic E-state index is 0.0565. The van der Waals surface area contributed by atoms with Gasteiger partial charge in [-0.3, -0.25) is 0 Å². The van der Waals surface area contributed by atoms with E-state index in [0.717, 1.165) is 0 Å². The highest BCUT2D eigenvalue weighted by molar-refractivity contribution is 5.74. The summed E-state index contributed by atoms with van der Waals surface area (Å²) in [5.41, 5.74) is 0. The highest BCUT2D eigenvalue weighted by Crippen LogP contribution is 2.11. The van der Waals surface area contributed by atoms with Crippen LogP contribution in [0, 0.1) is 0 Å². The normalized spacial score (nSPS) is 14.2. The van der Waals surface area contributed by atoms with Crippen LogP contribution in [0.4, 0.5) is 4.79 Å². The predicted molar refractivity (Wildman–Crippen MR) is 60.0 cm³/mol. The monoisotopic (exact) mass is 226 g/mol. The number of amides is 2. The maximum atomic E-state index is 11.5. The lowest BCUT2D eigenvalue weighted by Gasteiger charge is -2.17. The van der Waals surface area contributed by atoms with Crippen LogP contribution in [0.3, 0.4) is 0 Å². The van der Waals surface area contributed by atoms with E-state index < -0.39 is 0 Å². The van der Waals surface area contributed by atoms with Gasteiger partial charge in [-0.25, -0.2) is 4.79 Å². The number of carbonyl (C=O) groups excluding carboxylic acids is 1. The maximum absolute atomic E-state index is 11.5. The van der Waals surface area contributed by atoms with E-state index in [2.05, 4.69) is 10.6 Å². The Labute approximate surface area is 94.8 Å². The minimum Gasteiger partial charge on any atom is -0.467 e. The highest BCUT2D eigenvalue weighted by Gasteiger charge is 2.13. The summed E-state index contributed by atoms with van der Waals surface area (Å²) in [5, 5.41) is 14.3. The second-order valence-corrected chi connectivity index (χ2v) is 3.64. The van der Waals surface area contributed by atoms with Crippen molar-refractivity contribution in [2.24, 2.45) is 0 Å². The summed E-state index contributed by atoms with van der Waals surface area (Å²) >= 11 is 0. The molecule has 0 bridgehead atoms. The van der Waals surface area contributed by atoms with E-state index in [1.165, 1.54) is 0 Å². The van der Waals surface area contributed by atoms with E-state index in [1.807, 2.05) is 13.8 Å². The van der Waals surface area contributed by atoms with E-state index >= 15 is 0 Å². The number of aliphatic hydroxyl groups is 1. The van der Waals surface area contributed by atoms with Gasteiger partial charge in [-0.05, 0) is 25.5 Å². The standard InChI is InChI=1S/C11H18N2O3/c1-3-9(7-14)13-11(15)12-8(2)10-5-4-6-16-10/h4-6,8-9,14H,3,7H2,1-2H3,(H2,12,13,15)/t8-,9+/m1/s1. The van der Waals surface area contributed by atoms with Crippen LogP contribution in [0.1, 0.15) is 32.1 Å². The van der Waals surface area contributed by atoms with Gasteiger partial charge >= 0.3 is 6.03 Å². The Morgan fingerprint density at radius 1 is 1.56 bits per heavy atom. The van der Waals surface area contributed by atoms with Crippen molar-refractivity contribution in [2.45, 2.75) is 32.4 Å². The summed E-state index contributed by atoms with van der Waals surface area (Å²) in [6, 6.07) is 2.88. The molecule has 0 aromatic carbocycles. The zero-order valence-corrected chi connectivity index (χ0v) is 9.56. The molecule has 1 aromatic heterocycles. The number of hydrogen-bond donors (Lipinski definition) is 3. The molecule has 0 saturated heterocycles. The molecule has 0 fully saturated rings. The van der Waals surface area contributed by atoms with Gasteiger partial charge in [0.25, 0.3) is 0 Å². The summed E-state index contributed by atoms with van der Waals surface area (Å²) < 4.78 is 5.16. The Morgan fingerprint density at radius 3 is 2.81 bits per heavy atom. The average Bonchev–Trinajstić information content (AvgIpc) is 2.79. The lowest BCUT2D eigenvalue weighted by Crippen LogP contribution is -2.44. The Kier molecular flexibility index (Phi) is 4.85. The maximum Gasteiger partial charge on any atom is 0.315 e. The van der Waals surface area contributed by atoms with Crippen LogP contribution in [0.5, 0.6) is 0 Å². The number of carbonyl (C=O) groups is 1. The zero-order chi connectivity index (χ0) is 12.0. The second kappa shape index (κ2) is 6.17. The molecule has 0 radical (unpaired) electrons. The first-order chi connectivity index (χ1) is 7.67. The lowest BCUT2D eigenvalue weighted by atomic mass is 10.2. The summed E-state index contributed by atoms with van der Waals surface area (Å²) in [7, 11) is 0. The molecule has 2 atom stereocenters. The molecular weight excluding hydrogens is 208 g/mol. The van der Waals surface area contributed by atoms with Gasteiger partial charge in [0.05, 0.1) is 25.0 Å². The fourth-order valence-corrected chi connectivity index (χ4v) is 1.31. The molecular formula is C11H18N2O3. The van der Waals surface area contributed by atoms with Crippen LogP contribution >= 0.6 is 0 Å². The first-order valence-corrected chi connectivity index (χ1v) is 5.38. The van der Waals surface area contributed by atoms with Crippen molar-refractivity contribution >= 4 is 6.03 Å². The Balaban J connectivity index is 2.39. The van der Waals surface area contributed by atoms with Crippen LogP contribution in [0.15, 0.2) is 22.8 Å². The van der Waals surface area contributed by atoms with Crippen LogP contribution in [0.2, 0.25) is 0 Å². The topological polar surface area (TPSA) is 74.5 Å². The second-order valence-electron chi connectivity index (χ2n) is 3.64. The van der Waals surface area contributed by atoms with Crippen molar-refractivity contribution in [1.29, 1.82) is 0 Å². The van der Waals surface area contributed by atoms with Gasteiger partial charge in [0.15, 0.2) is 0 Å². The van der Waals surface area contributed by atoms with E-state index in [0.29, 0.717) is 12.2 Å². The predicted octanol–water partition coefficient (Wildman–Crippen LogP) is 1.41. The fourth-order valence-electron chi connectivity index (χ4n) is 1.31. The van der Waals surface area contributed by atoms with Gasteiger partial charge in [-0.15, -0.1) is 0 Å². The van der Waals surface area contributed by atoms with Crippen LogP contribution in [-0.4, -0.2) is 23.8 Å². The molecule has 2 amide bonds. The number of hydrogen-bond acceptors (Lipinski definition) is 3. The number of aliphatic hydroxyl groups excluding tert-OH is 1. The first-order valence-electron chi connectivity index (χ1n) is 5.38. The zero-order valence-electron chi connectivity index (χ0n) is 9.56. The molecule has 0 aliphatic carbocycles. The molecule has 16 heavy (non-hydrogen) atoms. The van der Waals surface area contributed by atoms with Crippen LogP contribution in [-0.2, 0) is 0 Å². The quantitative estimate of drug-likeness (QED) is 0.710. The third-order valence-electron chi connectivity index (χ3n) is 2.37. The first kappa shape index (κ1) is 12.6. The largest absolute Gasteiger partial charge is 0.467 e. The molecule has 5 nitrogen and oxygen atoms in total. The van der Waals surface area contributed by atoms with Gasteiger partial charge < -0.3 is 20.2 Å². The third-order valence-corrected chi connectivity index (χ3v) is 2.37. The van der Waals surface area contributed by atoms with E-state index in [-0.39, 0.29) is 24.7 Å². The van der Waals surface area contributed by atoms with Crippen molar-refractivity contribution in [3.8, 4) is 0 Å². The molecule has 0 saturated carbocycles. The number of furan rings is 1. The summed E-state index contributed by atoms with van der Waals surface area (Å²) in [4.78, 5) is 11.5. The van der Waals surface area contributed by atoms with E-state index in [4.69, 9.17) is 9.52 Å². The van der Waals surface area contributed by atoms with Gasteiger partial charge in [0, 0.05) is 0 Å². The molecule has 1 heterocycles. The molecule has 1 rings (SSSR count). The molecule has 1 aromatic rings. The lowest BCUT2D eigenvalue weighted by molar-refractivity contribution is 0.211. The van der Waals surface area contributed by atoms with Crippen LogP contribution < -0.4 is 10.6 Å². The van der Waals surface area contributed by atoms with Gasteiger partial charge in [-0.1, -0.05) is 6.92 Å². The van der Waals surface area contributed by atoms with Crippen molar-refractivity contribution < 1.29 is 14.3 Å².